The number of carbonyl (C=O) groups is 4. The van der Waals surface area contributed by atoms with Gasteiger partial charge in [-0.05, 0) is 64.4 Å². The van der Waals surface area contributed by atoms with E-state index < -0.39 is 17.7 Å². The first-order chi connectivity index (χ1) is 28.8. The molecule has 0 radical (unpaired) electrons. The minimum Gasteiger partial charge on any atom is -0.494 e. The molecule has 0 atom stereocenters. The summed E-state index contributed by atoms with van der Waals surface area (Å²) >= 11 is 0. The summed E-state index contributed by atoms with van der Waals surface area (Å²) in [5, 5.41) is 16.1. The highest BCUT2D eigenvalue weighted by molar-refractivity contribution is 6.05. The molecule has 0 aliphatic carbocycles. The molecule has 4 amide bonds. The summed E-state index contributed by atoms with van der Waals surface area (Å²) in [5.41, 5.74) is 19.3. The molecule has 7 N–H and O–H groups in total. The fraction of sp³-hybridized carbons (Fsp3) is 0.350. The van der Waals surface area contributed by atoms with Gasteiger partial charge in [-0.3, -0.25) is 44.2 Å². The molecule has 0 bridgehead atoms. The van der Waals surface area contributed by atoms with Crippen molar-refractivity contribution in [2.45, 2.75) is 66.7 Å². The van der Waals surface area contributed by atoms with E-state index in [4.69, 9.17) is 25.9 Å². The minimum atomic E-state index is -0.665. The Morgan fingerprint density at radius 3 is 1.83 bits per heavy atom. The maximum atomic E-state index is 13.7. The highest BCUT2D eigenvalue weighted by atomic mass is 16.5. The lowest BCUT2D eigenvalue weighted by atomic mass is 10.1. The standard InChI is InChI=1S/C40H50N14O6/c1-8-53-29(17-23(3)48-53)37(57)46-39-44-27-19-25(36(42)56)20-31(59-7)34(27)51(39)14-10-11-15-52-35-28(45-40(52)47-38(58)30-18-24(4)49-54(30)9-2)21-26(41)22-32(35)60-16-12-13-33(55)50(6)43-5/h10-11,17-22,43H,8-9,12-16,41H2,1-7H3,(H2,42,56)(H,44,46,57)(H,45,47,58)/b11-10+. The number of anilines is 3. The molecule has 0 spiro atoms. The average molecular weight is 823 g/mol. The van der Waals surface area contributed by atoms with Gasteiger partial charge in [0.2, 0.25) is 23.7 Å². The first kappa shape index (κ1) is 42.4. The van der Waals surface area contributed by atoms with Crippen molar-refractivity contribution in [3.05, 3.63) is 76.9 Å². The van der Waals surface area contributed by atoms with Gasteiger partial charge in [-0.2, -0.15) is 10.2 Å². The maximum absolute atomic E-state index is 13.7. The Labute approximate surface area is 345 Å². The van der Waals surface area contributed by atoms with Gasteiger partial charge in [0.1, 0.15) is 33.9 Å². The summed E-state index contributed by atoms with van der Waals surface area (Å²) in [7, 11) is 4.78. The maximum Gasteiger partial charge on any atom is 0.276 e. The third kappa shape index (κ3) is 8.92. The Morgan fingerprint density at radius 2 is 1.33 bits per heavy atom. The monoisotopic (exact) mass is 822 g/mol. The first-order valence-electron chi connectivity index (χ1n) is 19.4. The van der Waals surface area contributed by atoms with E-state index in [0.29, 0.717) is 81.5 Å². The molecule has 60 heavy (non-hydrogen) atoms. The van der Waals surface area contributed by atoms with Gasteiger partial charge in [0.15, 0.2) is 0 Å². The lowest BCUT2D eigenvalue weighted by molar-refractivity contribution is -0.132. The number of nitrogens with two attached hydrogens (primary N) is 2. The number of methoxy groups -OCH3 is 1. The molecular weight excluding hydrogens is 773 g/mol. The summed E-state index contributed by atoms with van der Waals surface area (Å²) in [6.45, 7) is 8.94. The molecule has 0 aliphatic rings. The molecule has 6 rings (SSSR count). The topological polar surface area (TPSA) is 249 Å². The fourth-order valence-corrected chi connectivity index (χ4v) is 6.76. The number of aromatic nitrogens is 8. The Kier molecular flexibility index (Phi) is 12.8. The van der Waals surface area contributed by atoms with E-state index in [1.807, 2.05) is 32.9 Å². The van der Waals surface area contributed by atoms with E-state index in [1.54, 1.807) is 63.8 Å². The first-order valence-corrected chi connectivity index (χ1v) is 19.4. The zero-order valence-corrected chi connectivity index (χ0v) is 34.7. The van der Waals surface area contributed by atoms with Gasteiger partial charge >= 0.3 is 0 Å². The minimum absolute atomic E-state index is 0.0949. The van der Waals surface area contributed by atoms with Crippen molar-refractivity contribution in [3.8, 4) is 11.5 Å². The predicted octanol–water partition coefficient (Wildman–Crippen LogP) is 3.64. The van der Waals surface area contributed by atoms with Gasteiger partial charge in [-0.1, -0.05) is 12.2 Å². The van der Waals surface area contributed by atoms with Crippen LogP contribution in [-0.4, -0.2) is 95.1 Å². The number of carbonyl (C=O) groups excluding carboxylic acids is 4. The number of nitrogens with zero attached hydrogens (tertiary/aromatic N) is 9. The summed E-state index contributed by atoms with van der Waals surface area (Å²) < 4.78 is 18.7. The fourth-order valence-electron chi connectivity index (χ4n) is 6.76. The molecule has 0 unspecified atom stereocenters. The van der Waals surface area contributed by atoms with E-state index in [0.717, 1.165) is 0 Å². The largest absolute Gasteiger partial charge is 0.494 e. The van der Waals surface area contributed by atoms with Crippen LogP contribution in [0.25, 0.3) is 22.1 Å². The third-order valence-electron chi connectivity index (χ3n) is 9.70. The smallest absolute Gasteiger partial charge is 0.276 e. The average Bonchev–Trinajstić information content (AvgIpc) is 3.99. The van der Waals surface area contributed by atoms with Crippen molar-refractivity contribution in [2.75, 3.05) is 44.2 Å². The summed E-state index contributed by atoms with van der Waals surface area (Å²) in [5.74, 6) is -0.442. The van der Waals surface area contributed by atoms with E-state index in [1.165, 1.54) is 24.3 Å². The number of imidazole rings is 2. The van der Waals surface area contributed by atoms with Crippen molar-refractivity contribution >= 4 is 63.3 Å². The number of nitrogens with one attached hydrogen (secondary N) is 3. The molecule has 20 heteroatoms. The molecule has 2 aromatic carbocycles. The number of rotatable bonds is 18. The number of nitrogen functional groups attached to an aromatic ring is 1. The van der Waals surface area contributed by atoms with Gasteiger partial charge in [0.25, 0.3) is 11.8 Å². The van der Waals surface area contributed by atoms with E-state index in [9.17, 15) is 19.2 Å². The number of aryl methyl sites for hydroxylation is 4. The van der Waals surface area contributed by atoms with Crippen LogP contribution in [-0.2, 0) is 31.0 Å². The number of hydrogen-bond acceptors (Lipinski definition) is 12. The normalized spacial score (nSPS) is 11.4. The Morgan fingerprint density at radius 1 is 0.800 bits per heavy atom. The highest BCUT2D eigenvalue weighted by Gasteiger charge is 2.23. The van der Waals surface area contributed by atoms with Crippen LogP contribution in [0.2, 0.25) is 0 Å². The summed E-state index contributed by atoms with van der Waals surface area (Å²) in [6.07, 6.45) is 4.40. The molecule has 0 saturated heterocycles. The second-order valence-corrected chi connectivity index (χ2v) is 13.9. The second kappa shape index (κ2) is 18.1. The number of ether oxygens (including phenoxy) is 2. The summed E-state index contributed by atoms with van der Waals surface area (Å²) in [6, 6.07) is 9.82. The van der Waals surface area contributed by atoms with Crippen LogP contribution in [0.1, 0.15) is 69.4 Å². The number of hydrogen-bond donors (Lipinski definition) is 5. The molecule has 6 aromatic rings. The SMILES string of the molecule is CCn1nc(C)cc1C(=O)Nc1nc2cc(C(N)=O)cc(OC)c2n1C/C=C/Cn1c(NC(=O)c2cc(C)nn2CC)nc2cc(N)cc(OCCCC(=O)N(C)NC)c21. The number of fused-ring (bicyclic) bond motifs is 2. The van der Waals surface area contributed by atoms with Crippen molar-refractivity contribution in [1.29, 1.82) is 0 Å². The van der Waals surface area contributed by atoms with E-state index in [2.05, 4.69) is 31.2 Å². The number of allylic oxidation sites excluding steroid dienone is 2. The Balaban J connectivity index is 1.37. The quantitative estimate of drug-likeness (QED) is 0.0361. The lowest BCUT2D eigenvalue weighted by Crippen LogP contribution is -2.36. The Bertz CT molecular complexity index is 2620. The van der Waals surface area contributed by atoms with E-state index in [-0.39, 0.29) is 49.5 Å². The molecule has 316 valence electrons. The van der Waals surface area contributed by atoms with E-state index >= 15 is 0 Å². The molecule has 20 nitrogen and oxygen atoms in total. The van der Waals surface area contributed by atoms with Crippen LogP contribution in [0.15, 0.2) is 48.6 Å². The van der Waals surface area contributed by atoms with Crippen LogP contribution < -0.4 is 37.0 Å². The number of hydrazine groups is 1. The van der Waals surface area contributed by atoms with Crippen LogP contribution in [0.5, 0.6) is 11.5 Å². The molecule has 4 aromatic heterocycles. The van der Waals surface area contributed by atoms with Crippen LogP contribution in [0.3, 0.4) is 0 Å². The second-order valence-electron chi connectivity index (χ2n) is 13.9. The van der Waals surface area contributed by atoms with Crippen LogP contribution >= 0.6 is 0 Å². The molecule has 0 fully saturated rings. The number of benzene rings is 2. The zero-order chi connectivity index (χ0) is 43.2. The van der Waals surface area contributed by atoms with Crippen molar-refractivity contribution in [1.82, 2.24) is 49.1 Å². The van der Waals surface area contributed by atoms with Gasteiger partial charge in [0, 0.05) is 64.0 Å². The summed E-state index contributed by atoms with van der Waals surface area (Å²) in [4.78, 5) is 61.4. The van der Waals surface area contributed by atoms with Crippen LogP contribution in [0, 0.1) is 13.8 Å². The number of amides is 4. The van der Waals surface area contributed by atoms with Gasteiger partial charge in [-0.15, -0.1) is 0 Å². The van der Waals surface area contributed by atoms with Crippen molar-refractivity contribution in [2.24, 2.45) is 5.73 Å². The number of primary amides is 1. The van der Waals surface area contributed by atoms with Gasteiger partial charge in [0.05, 0.1) is 36.1 Å². The van der Waals surface area contributed by atoms with Gasteiger partial charge < -0.3 is 30.1 Å². The molecule has 4 heterocycles. The lowest BCUT2D eigenvalue weighted by Gasteiger charge is -2.15. The van der Waals surface area contributed by atoms with Gasteiger partial charge in [-0.25, -0.2) is 15.4 Å². The molecular formula is C40H50N14O6. The van der Waals surface area contributed by atoms with Crippen LogP contribution in [0.4, 0.5) is 17.6 Å². The highest BCUT2D eigenvalue weighted by Crippen LogP contribution is 2.33. The predicted molar refractivity (Wildman–Crippen MR) is 226 cm³/mol. The third-order valence-corrected chi connectivity index (χ3v) is 9.70. The van der Waals surface area contributed by atoms with Crippen molar-refractivity contribution < 1.29 is 28.7 Å². The zero-order valence-electron chi connectivity index (χ0n) is 34.7. The molecule has 0 saturated carbocycles. The van der Waals surface area contributed by atoms with Crippen molar-refractivity contribution in [3.63, 3.8) is 0 Å². The molecule has 0 aliphatic heterocycles. The Hall–Kier alpha value is -7.22.